The van der Waals surface area contributed by atoms with E-state index in [1.165, 1.54) is 26.4 Å². The van der Waals surface area contributed by atoms with Crippen LogP contribution in [0.4, 0.5) is 4.79 Å². The van der Waals surface area contributed by atoms with Crippen LogP contribution in [0.2, 0.25) is 0 Å². The Kier molecular flexibility index (Phi) is 13.8. The molecule has 180 valence electrons. The van der Waals surface area contributed by atoms with Gasteiger partial charge in [0.15, 0.2) is 0 Å². The Morgan fingerprint density at radius 1 is 0.906 bits per heavy atom. The van der Waals surface area contributed by atoms with Crippen LogP contribution in [0.15, 0.2) is 30.3 Å². The molecule has 0 bridgehead atoms. The molecule has 1 rings (SSSR count). The minimum Gasteiger partial charge on any atom is -0.467 e. The Balaban J connectivity index is 2.63. The van der Waals surface area contributed by atoms with Crippen molar-refractivity contribution >= 4 is 18.0 Å². The van der Waals surface area contributed by atoms with E-state index in [9.17, 15) is 14.4 Å². The first kappa shape index (κ1) is 27.5. The van der Waals surface area contributed by atoms with Crippen molar-refractivity contribution in [1.82, 2.24) is 10.6 Å². The summed E-state index contributed by atoms with van der Waals surface area (Å²) in [5.74, 6) is -0.714. The van der Waals surface area contributed by atoms with Crippen molar-refractivity contribution in [3.05, 3.63) is 35.9 Å². The lowest BCUT2D eigenvalue weighted by molar-refractivity contribution is -0.145. The van der Waals surface area contributed by atoms with E-state index >= 15 is 0 Å². The van der Waals surface area contributed by atoms with Gasteiger partial charge >= 0.3 is 12.1 Å². The molecule has 0 saturated heterocycles. The number of hydrogen-bond donors (Lipinski definition) is 2. The van der Waals surface area contributed by atoms with Gasteiger partial charge in [-0.1, -0.05) is 89.6 Å². The number of hydrogen-bond acceptors (Lipinski definition) is 5. The fourth-order valence-electron chi connectivity index (χ4n) is 3.40. The van der Waals surface area contributed by atoms with Crippen LogP contribution in [0.1, 0.15) is 77.7 Å². The molecule has 2 atom stereocenters. The second-order valence-corrected chi connectivity index (χ2v) is 8.53. The smallest absolute Gasteiger partial charge is 0.408 e. The van der Waals surface area contributed by atoms with Crippen molar-refractivity contribution in [3.8, 4) is 0 Å². The van der Waals surface area contributed by atoms with Gasteiger partial charge in [-0.3, -0.25) is 4.79 Å². The first-order valence-electron chi connectivity index (χ1n) is 11.7. The normalized spacial score (nSPS) is 12.7. The Morgan fingerprint density at radius 3 is 2.19 bits per heavy atom. The molecule has 1 aromatic rings. The molecule has 1 aromatic carbocycles. The summed E-state index contributed by atoms with van der Waals surface area (Å²) in [4.78, 5) is 37.4. The molecule has 0 aliphatic heterocycles. The fraction of sp³-hybridized carbons (Fsp3) is 0.640. The lowest BCUT2D eigenvalue weighted by Gasteiger charge is -2.23. The number of unbranched alkanes of at least 4 members (excludes halogenated alkanes) is 5. The van der Waals surface area contributed by atoms with Gasteiger partial charge in [0.2, 0.25) is 5.91 Å². The van der Waals surface area contributed by atoms with Crippen molar-refractivity contribution in [2.45, 2.75) is 90.8 Å². The summed E-state index contributed by atoms with van der Waals surface area (Å²) in [5, 5.41) is 5.42. The van der Waals surface area contributed by atoms with E-state index < -0.39 is 30.1 Å². The van der Waals surface area contributed by atoms with Gasteiger partial charge in [0.1, 0.15) is 18.7 Å². The molecule has 0 saturated carbocycles. The zero-order valence-corrected chi connectivity index (χ0v) is 20.0. The summed E-state index contributed by atoms with van der Waals surface area (Å²) >= 11 is 0. The molecule has 32 heavy (non-hydrogen) atoms. The van der Waals surface area contributed by atoms with Gasteiger partial charge in [-0.2, -0.15) is 0 Å². The van der Waals surface area contributed by atoms with Gasteiger partial charge in [0.05, 0.1) is 7.11 Å². The highest BCUT2D eigenvalue weighted by Crippen LogP contribution is 2.11. The Labute approximate surface area is 192 Å². The number of benzene rings is 1. The maximum Gasteiger partial charge on any atom is 0.408 e. The Morgan fingerprint density at radius 2 is 1.56 bits per heavy atom. The lowest BCUT2D eigenvalue weighted by atomic mass is 10.0. The van der Waals surface area contributed by atoms with Crippen LogP contribution in [0.25, 0.3) is 0 Å². The molecular formula is C25H40N2O5. The number of carbonyl (C=O) groups excluding carboxylic acids is 3. The monoisotopic (exact) mass is 448 g/mol. The van der Waals surface area contributed by atoms with E-state index in [1.54, 1.807) is 0 Å². The highest BCUT2D eigenvalue weighted by molar-refractivity contribution is 5.89. The average Bonchev–Trinajstić information content (AvgIpc) is 2.78. The standard InChI is InChI=1S/C25H40N2O5/c1-5-6-7-8-9-13-16-21(24(29)31-4)26-23(28)22(17-19(2)3)27-25(30)32-18-20-14-11-10-12-15-20/h10-12,14-15,19,21-22H,5-9,13,16-18H2,1-4H3,(H,26,28)(H,27,30)/t21-,22+/m1/s1. The zero-order chi connectivity index (χ0) is 23.8. The lowest BCUT2D eigenvalue weighted by Crippen LogP contribution is -2.52. The molecule has 7 nitrogen and oxygen atoms in total. The van der Waals surface area contributed by atoms with Crippen molar-refractivity contribution < 1.29 is 23.9 Å². The van der Waals surface area contributed by atoms with Crippen molar-refractivity contribution in [1.29, 1.82) is 0 Å². The quantitative estimate of drug-likeness (QED) is 0.299. The number of nitrogens with one attached hydrogen (secondary N) is 2. The summed E-state index contributed by atoms with van der Waals surface area (Å²) < 4.78 is 10.1. The van der Waals surface area contributed by atoms with Crippen molar-refractivity contribution in [2.24, 2.45) is 5.92 Å². The van der Waals surface area contributed by atoms with E-state index in [-0.39, 0.29) is 12.5 Å². The fourth-order valence-corrected chi connectivity index (χ4v) is 3.40. The minimum atomic E-state index is -0.796. The number of amides is 2. The van der Waals surface area contributed by atoms with Gasteiger partial charge in [-0.25, -0.2) is 9.59 Å². The summed E-state index contributed by atoms with van der Waals surface area (Å²) in [6, 6.07) is 7.80. The number of esters is 1. The second-order valence-electron chi connectivity index (χ2n) is 8.53. The molecule has 0 fully saturated rings. The molecule has 0 unspecified atom stereocenters. The number of alkyl carbamates (subject to hydrolysis) is 1. The third kappa shape index (κ3) is 11.7. The van der Waals surface area contributed by atoms with Gasteiger partial charge in [-0.15, -0.1) is 0 Å². The van der Waals surface area contributed by atoms with E-state index in [0.29, 0.717) is 12.8 Å². The third-order valence-corrected chi connectivity index (χ3v) is 5.18. The Hall–Kier alpha value is -2.57. The van der Waals surface area contributed by atoms with Crippen LogP contribution in [-0.2, 0) is 25.7 Å². The molecule has 7 heteroatoms. The van der Waals surface area contributed by atoms with Gasteiger partial charge in [0.25, 0.3) is 0 Å². The van der Waals surface area contributed by atoms with Crippen LogP contribution in [0, 0.1) is 5.92 Å². The maximum absolute atomic E-state index is 12.9. The number of ether oxygens (including phenoxy) is 2. The van der Waals surface area contributed by atoms with Crippen LogP contribution < -0.4 is 10.6 Å². The van der Waals surface area contributed by atoms with Gasteiger partial charge < -0.3 is 20.1 Å². The van der Waals surface area contributed by atoms with Crippen LogP contribution in [0.3, 0.4) is 0 Å². The number of carbonyl (C=O) groups is 3. The first-order chi connectivity index (χ1) is 15.4. The molecule has 0 heterocycles. The topological polar surface area (TPSA) is 93.7 Å². The molecule has 0 radical (unpaired) electrons. The number of methoxy groups -OCH3 is 1. The van der Waals surface area contributed by atoms with Gasteiger partial charge in [-0.05, 0) is 24.3 Å². The van der Waals surface area contributed by atoms with E-state index in [1.807, 2.05) is 44.2 Å². The minimum absolute atomic E-state index is 0.117. The van der Waals surface area contributed by atoms with Gasteiger partial charge in [0, 0.05) is 0 Å². The Bertz CT molecular complexity index is 678. The third-order valence-electron chi connectivity index (χ3n) is 5.18. The predicted octanol–water partition coefficient (Wildman–Crippen LogP) is 4.74. The molecule has 2 amide bonds. The highest BCUT2D eigenvalue weighted by Gasteiger charge is 2.28. The molecule has 0 spiro atoms. The van der Waals surface area contributed by atoms with Crippen LogP contribution >= 0.6 is 0 Å². The summed E-state index contributed by atoms with van der Waals surface area (Å²) in [6.07, 6.45) is 6.78. The summed E-state index contributed by atoms with van der Waals surface area (Å²) in [7, 11) is 1.31. The van der Waals surface area contributed by atoms with Crippen LogP contribution in [-0.4, -0.2) is 37.2 Å². The number of rotatable bonds is 15. The molecule has 2 N–H and O–H groups in total. The van der Waals surface area contributed by atoms with Crippen molar-refractivity contribution in [3.63, 3.8) is 0 Å². The molecule has 0 aliphatic carbocycles. The predicted molar refractivity (Wildman–Crippen MR) is 125 cm³/mol. The first-order valence-corrected chi connectivity index (χ1v) is 11.7. The summed E-state index contributed by atoms with van der Waals surface area (Å²) in [5.41, 5.74) is 0.859. The van der Waals surface area contributed by atoms with E-state index in [4.69, 9.17) is 9.47 Å². The molecule has 0 aromatic heterocycles. The maximum atomic E-state index is 12.9. The zero-order valence-electron chi connectivity index (χ0n) is 20.0. The molecular weight excluding hydrogens is 408 g/mol. The SMILES string of the molecule is CCCCCCCC[C@@H](NC(=O)[C@H](CC(C)C)NC(=O)OCc1ccccc1)C(=O)OC. The van der Waals surface area contributed by atoms with E-state index in [0.717, 1.165) is 24.8 Å². The second kappa shape index (κ2) is 16.1. The van der Waals surface area contributed by atoms with E-state index in [2.05, 4.69) is 17.6 Å². The highest BCUT2D eigenvalue weighted by atomic mass is 16.5. The molecule has 0 aliphatic rings. The summed E-state index contributed by atoms with van der Waals surface area (Å²) in [6.45, 7) is 6.21. The largest absolute Gasteiger partial charge is 0.467 e. The van der Waals surface area contributed by atoms with Crippen LogP contribution in [0.5, 0.6) is 0 Å². The van der Waals surface area contributed by atoms with Crippen molar-refractivity contribution in [2.75, 3.05) is 7.11 Å². The average molecular weight is 449 g/mol.